The van der Waals surface area contributed by atoms with Crippen molar-refractivity contribution in [2.45, 2.75) is 6.42 Å². The monoisotopic (exact) mass is 300 g/mol. The third-order valence-electron chi connectivity index (χ3n) is 3.04. The molecule has 0 aliphatic carbocycles. The zero-order valence-corrected chi connectivity index (χ0v) is 11.5. The minimum Gasteiger partial charge on any atom is -0.461 e. The smallest absolute Gasteiger partial charge is 0.235 e. The lowest BCUT2D eigenvalue weighted by molar-refractivity contribution is 0.574. The molecule has 0 saturated carbocycles. The third-order valence-corrected chi connectivity index (χ3v) is 3.94. The molecule has 0 amide bonds. The molecular formula is C14H9FN4OS. The summed E-state index contributed by atoms with van der Waals surface area (Å²) in [5, 5.41) is 13.6. The number of rotatable bonds is 3. The van der Waals surface area contributed by atoms with Crippen LogP contribution in [0.3, 0.4) is 0 Å². The number of halogens is 1. The Morgan fingerprint density at radius 2 is 2.00 bits per heavy atom. The first-order valence-corrected chi connectivity index (χ1v) is 7.11. The Morgan fingerprint density at radius 1 is 1.14 bits per heavy atom. The number of furan rings is 1. The topological polar surface area (TPSA) is 56.2 Å². The molecule has 0 fully saturated rings. The average Bonchev–Trinajstić information content (AvgIpc) is 3.17. The molecule has 0 atom stereocenters. The number of hydrogen-bond donors (Lipinski definition) is 0. The standard InChI is InChI=1S/C14H9FN4OS/c15-10-5-3-9(4-6-10)8-12-18-19-13(11-2-1-7-20-11)16-17-14(19)21-12/h1-7H,8H2. The molecule has 0 unspecified atom stereocenters. The van der Waals surface area contributed by atoms with Crippen molar-refractivity contribution in [1.82, 2.24) is 19.8 Å². The van der Waals surface area contributed by atoms with E-state index in [0.29, 0.717) is 23.0 Å². The minimum absolute atomic E-state index is 0.239. The van der Waals surface area contributed by atoms with Crippen molar-refractivity contribution >= 4 is 16.3 Å². The van der Waals surface area contributed by atoms with Crippen LogP contribution in [0.2, 0.25) is 0 Å². The molecule has 3 heterocycles. The number of fused-ring (bicyclic) bond motifs is 1. The number of hydrogen-bond acceptors (Lipinski definition) is 5. The van der Waals surface area contributed by atoms with E-state index in [1.807, 2.05) is 6.07 Å². The van der Waals surface area contributed by atoms with Gasteiger partial charge < -0.3 is 4.42 Å². The molecule has 0 saturated heterocycles. The summed E-state index contributed by atoms with van der Waals surface area (Å²) in [6.07, 6.45) is 2.22. The SMILES string of the molecule is Fc1ccc(Cc2nn3c(-c4ccco4)nnc3s2)cc1. The van der Waals surface area contributed by atoms with Gasteiger partial charge in [0.25, 0.3) is 0 Å². The quantitative estimate of drug-likeness (QED) is 0.583. The van der Waals surface area contributed by atoms with Crippen molar-refractivity contribution in [3.8, 4) is 11.6 Å². The van der Waals surface area contributed by atoms with E-state index in [9.17, 15) is 4.39 Å². The first-order valence-electron chi connectivity index (χ1n) is 6.29. The Hall–Kier alpha value is -2.54. The number of benzene rings is 1. The van der Waals surface area contributed by atoms with Crippen molar-refractivity contribution in [2.24, 2.45) is 0 Å². The van der Waals surface area contributed by atoms with Gasteiger partial charge in [-0.05, 0) is 29.8 Å². The van der Waals surface area contributed by atoms with Gasteiger partial charge in [0.05, 0.1) is 6.26 Å². The molecule has 104 valence electrons. The maximum Gasteiger partial charge on any atom is 0.235 e. The molecule has 0 N–H and O–H groups in total. The van der Waals surface area contributed by atoms with Gasteiger partial charge in [0.2, 0.25) is 10.8 Å². The van der Waals surface area contributed by atoms with Crippen LogP contribution in [0, 0.1) is 5.82 Å². The van der Waals surface area contributed by atoms with E-state index < -0.39 is 0 Å². The van der Waals surface area contributed by atoms with E-state index in [1.54, 1.807) is 29.0 Å². The summed E-state index contributed by atoms with van der Waals surface area (Å²) < 4.78 is 19.9. The minimum atomic E-state index is -0.239. The van der Waals surface area contributed by atoms with Crippen molar-refractivity contribution in [3.63, 3.8) is 0 Å². The second-order valence-electron chi connectivity index (χ2n) is 4.49. The summed E-state index contributed by atoms with van der Waals surface area (Å²) in [4.78, 5) is 0.707. The van der Waals surface area contributed by atoms with E-state index >= 15 is 0 Å². The van der Waals surface area contributed by atoms with Gasteiger partial charge in [0.15, 0.2) is 5.76 Å². The first-order chi connectivity index (χ1) is 10.3. The van der Waals surface area contributed by atoms with Gasteiger partial charge in [-0.1, -0.05) is 23.5 Å². The molecule has 0 radical (unpaired) electrons. The van der Waals surface area contributed by atoms with Gasteiger partial charge in [-0.3, -0.25) is 0 Å². The van der Waals surface area contributed by atoms with Crippen LogP contribution in [-0.2, 0) is 6.42 Å². The summed E-state index contributed by atoms with van der Waals surface area (Å²) in [5.74, 6) is 0.967. The summed E-state index contributed by atoms with van der Waals surface area (Å²) in [6.45, 7) is 0. The lowest BCUT2D eigenvalue weighted by Crippen LogP contribution is -1.93. The number of nitrogens with zero attached hydrogens (tertiary/aromatic N) is 4. The molecule has 4 aromatic rings. The highest BCUT2D eigenvalue weighted by molar-refractivity contribution is 7.16. The van der Waals surface area contributed by atoms with Crippen molar-refractivity contribution in [2.75, 3.05) is 0 Å². The van der Waals surface area contributed by atoms with Crippen molar-refractivity contribution < 1.29 is 8.81 Å². The molecule has 21 heavy (non-hydrogen) atoms. The normalized spacial score (nSPS) is 11.3. The lowest BCUT2D eigenvalue weighted by atomic mass is 10.2. The molecule has 7 heteroatoms. The van der Waals surface area contributed by atoms with Crippen LogP contribution < -0.4 is 0 Å². The lowest BCUT2D eigenvalue weighted by Gasteiger charge is -1.96. The largest absolute Gasteiger partial charge is 0.461 e. The second kappa shape index (κ2) is 4.78. The molecule has 5 nitrogen and oxygen atoms in total. The Labute approximate surface area is 122 Å². The molecule has 0 aliphatic heterocycles. The van der Waals surface area contributed by atoms with Crippen molar-refractivity contribution in [3.05, 3.63) is 59.0 Å². The van der Waals surface area contributed by atoms with Gasteiger partial charge in [0, 0.05) is 6.42 Å². The van der Waals surface area contributed by atoms with Crippen LogP contribution >= 0.6 is 11.3 Å². The highest BCUT2D eigenvalue weighted by Gasteiger charge is 2.15. The van der Waals surface area contributed by atoms with Gasteiger partial charge in [-0.2, -0.15) is 9.61 Å². The fraction of sp³-hybridized carbons (Fsp3) is 0.0714. The molecule has 4 rings (SSSR count). The Balaban J connectivity index is 1.69. The van der Waals surface area contributed by atoms with Gasteiger partial charge in [0.1, 0.15) is 10.8 Å². The van der Waals surface area contributed by atoms with Gasteiger partial charge >= 0.3 is 0 Å². The zero-order chi connectivity index (χ0) is 14.2. The van der Waals surface area contributed by atoms with Crippen LogP contribution in [0.15, 0.2) is 47.1 Å². The maximum atomic E-state index is 12.9. The molecule has 0 spiro atoms. The molecule has 3 aromatic heterocycles. The van der Waals surface area contributed by atoms with E-state index in [0.717, 1.165) is 10.6 Å². The highest BCUT2D eigenvalue weighted by atomic mass is 32.1. The molecule has 0 aliphatic rings. The van der Waals surface area contributed by atoms with E-state index in [4.69, 9.17) is 4.42 Å². The summed E-state index contributed by atoms with van der Waals surface area (Å²) >= 11 is 1.46. The average molecular weight is 300 g/mol. The van der Waals surface area contributed by atoms with Crippen LogP contribution in [0.5, 0.6) is 0 Å². The summed E-state index contributed by atoms with van der Waals surface area (Å²) in [7, 11) is 0. The zero-order valence-electron chi connectivity index (χ0n) is 10.7. The molecular weight excluding hydrogens is 291 g/mol. The predicted molar refractivity (Wildman–Crippen MR) is 75.6 cm³/mol. The van der Waals surface area contributed by atoms with Gasteiger partial charge in [-0.25, -0.2) is 4.39 Å². The molecule has 0 bridgehead atoms. The fourth-order valence-electron chi connectivity index (χ4n) is 2.06. The summed E-state index contributed by atoms with van der Waals surface area (Å²) in [6, 6.07) is 10.0. The second-order valence-corrected chi connectivity index (χ2v) is 5.53. The van der Waals surface area contributed by atoms with Crippen molar-refractivity contribution in [1.29, 1.82) is 0 Å². The predicted octanol–water partition coefficient (Wildman–Crippen LogP) is 3.18. The van der Waals surface area contributed by atoms with E-state index in [1.165, 1.54) is 23.5 Å². The first kappa shape index (κ1) is 12.2. The van der Waals surface area contributed by atoms with E-state index in [-0.39, 0.29) is 5.82 Å². The summed E-state index contributed by atoms with van der Waals surface area (Å²) in [5.41, 5.74) is 1.00. The van der Waals surface area contributed by atoms with Crippen LogP contribution in [-0.4, -0.2) is 19.8 Å². The fourth-order valence-corrected chi connectivity index (χ4v) is 2.93. The van der Waals surface area contributed by atoms with Crippen LogP contribution in [0.25, 0.3) is 16.5 Å². The van der Waals surface area contributed by atoms with E-state index in [2.05, 4.69) is 15.3 Å². The Kier molecular flexibility index (Phi) is 2.78. The Bertz CT molecular complexity index is 880. The molecule has 1 aromatic carbocycles. The maximum absolute atomic E-state index is 12.9. The third kappa shape index (κ3) is 2.21. The highest BCUT2D eigenvalue weighted by Crippen LogP contribution is 2.23. The number of aromatic nitrogens is 4. The Morgan fingerprint density at radius 3 is 2.76 bits per heavy atom. The van der Waals surface area contributed by atoms with Crippen LogP contribution in [0.4, 0.5) is 4.39 Å². The van der Waals surface area contributed by atoms with Gasteiger partial charge in [-0.15, -0.1) is 10.2 Å². The van der Waals surface area contributed by atoms with Crippen LogP contribution in [0.1, 0.15) is 10.6 Å².